The third-order valence-electron chi connectivity index (χ3n) is 4.80. The number of rotatable bonds is 4. The number of nitrogens with zero attached hydrogens (tertiary/aromatic N) is 1. The van der Waals surface area contributed by atoms with Crippen molar-refractivity contribution in [2.24, 2.45) is 0 Å². The SMILES string of the molecule is CCC1NC(c2ccccc2)C(=O)N1C1CCC(SC)C1. The lowest BCUT2D eigenvalue weighted by molar-refractivity contribution is -0.132. The van der Waals surface area contributed by atoms with Crippen molar-refractivity contribution >= 4 is 17.7 Å². The molecule has 0 aromatic heterocycles. The molecule has 1 saturated carbocycles. The summed E-state index contributed by atoms with van der Waals surface area (Å²) in [5, 5.41) is 4.25. The largest absolute Gasteiger partial charge is 0.322 e. The van der Waals surface area contributed by atoms with Crippen LogP contribution in [0.25, 0.3) is 0 Å². The maximum Gasteiger partial charge on any atom is 0.245 e. The molecule has 1 amide bonds. The molecule has 1 N–H and O–H groups in total. The molecule has 3 nitrogen and oxygen atoms in total. The Morgan fingerprint density at radius 1 is 1.29 bits per heavy atom. The molecule has 21 heavy (non-hydrogen) atoms. The Morgan fingerprint density at radius 3 is 2.67 bits per heavy atom. The minimum Gasteiger partial charge on any atom is -0.322 e. The van der Waals surface area contributed by atoms with Crippen molar-refractivity contribution in [2.45, 2.75) is 56.1 Å². The fourth-order valence-electron chi connectivity index (χ4n) is 3.66. The van der Waals surface area contributed by atoms with E-state index in [0.29, 0.717) is 6.04 Å². The topological polar surface area (TPSA) is 32.3 Å². The second-order valence-corrected chi connectivity index (χ2v) is 7.14. The lowest BCUT2D eigenvalue weighted by atomic mass is 10.1. The standard InChI is InChI=1S/C17H24N2OS/c1-3-15-18-16(12-7-5-4-6-8-12)17(20)19(15)13-9-10-14(11-13)21-2/h4-8,13-16,18H,3,9-11H2,1-2H3. The second kappa shape index (κ2) is 6.41. The van der Waals surface area contributed by atoms with Crippen LogP contribution in [0.4, 0.5) is 0 Å². The minimum atomic E-state index is -0.163. The van der Waals surface area contributed by atoms with Crippen LogP contribution in [0.5, 0.6) is 0 Å². The van der Waals surface area contributed by atoms with Crippen LogP contribution < -0.4 is 5.32 Å². The van der Waals surface area contributed by atoms with Gasteiger partial charge in [-0.2, -0.15) is 11.8 Å². The van der Waals surface area contributed by atoms with Gasteiger partial charge in [-0.05, 0) is 37.5 Å². The first-order chi connectivity index (χ1) is 10.2. The van der Waals surface area contributed by atoms with Gasteiger partial charge in [0.2, 0.25) is 5.91 Å². The second-order valence-electron chi connectivity index (χ2n) is 6.00. The van der Waals surface area contributed by atoms with Gasteiger partial charge in [0, 0.05) is 11.3 Å². The van der Waals surface area contributed by atoms with Gasteiger partial charge in [0.1, 0.15) is 6.04 Å². The van der Waals surface area contributed by atoms with Crippen LogP contribution in [-0.4, -0.2) is 34.5 Å². The van der Waals surface area contributed by atoms with Crippen LogP contribution in [0.15, 0.2) is 30.3 Å². The smallest absolute Gasteiger partial charge is 0.245 e. The van der Waals surface area contributed by atoms with Crippen LogP contribution in [-0.2, 0) is 4.79 Å². The molecule has 1 aromatic carbocycles. The van der Waals surface area contributed by atoms with Crippen molar-refractivity contribution in [1.82, 2.24) is 10.2 Å². The Bertz CT molecular complexity index is 493. The van der Waals surface area contributed by atoms with E-state index in [1.54, 1.807) is 0 Å². The molecule has 1 aliphatic heterocycles. The van der Waals surface area contributed by atoms with Gasteiger partial charge in [-0.3, -0.25) is 10.1 Å². The molecule has 0 spiro atoms. The number of hydrogen-bond donors (Lipinski definition) is 1. The first-order valence-electron chi connectivity index (χ1n) is 7.90. The monoisotopic (exact) mass is 304 g/mol. The zero-order chi connectivity index (χ0) is 14.8. The molecule has 2 aliphatic rings. The van der Waals surface area contributed by atoms with Gasteiger partial charge in [-0.15, -0.1) is 0 Å². The van der Waals surface area contributed by atoms with Crippen molar-refractivity contribution in [3.8, 4) is 0 Å². The zero-order valence-electron chi connectivity index (χ0n) is 12.8. The van der Waals surface area contributed by atoms with E-state index >= 15 is 0 Å². The van der Waals surface area contributed by atoms with Crippen molar-refractivity contribution in [2.75, 3.05) is 6.26 Å². The van der Waals surface area contributed by atoms with Crippen LogP contribution in [0.3, 0.4) is 0 Å². The van der Waals surface area contributed by atoms with Crippen LogP contribution >= 0.6 is 11.8 Å². The predicted molar refractivity (Wildman–Crippen MR) is 88.2 cm³/mol. The molecular weight excluding hydrogens is 280 g/mol. The number of thioether (sulfide) groups is 1. The summed E-state index contributed by atoms with van der Waals surface area (Å²) in [7, 11) is 0. The molecule has 1 aromatic rings. The van der Waals surface area contributed by atoms with Crippen LogP contribution in [0.1, 0.15) is 44.2 Å². The Balaban J connectivity index is 1.79. The van der Waals surface area contributed by atoms with Crippen molar-refractivity contribution in [3.63, 3.8) is 0 Å². The lowest BCUT2D eigenvalue weighted by Gasteiger charge is -2.29. The lowest BCUT2D eigenvalue weighted by Crippen LogP contribution is -2.43. The summed E-state index contributed by atoms with van der Waals surface area (Å²) < 4.78 is 0. The van der Waals surface area contributed by atoms with E-state index in [0.717, 1.165) is 30.1 Å². The van der Waals surface area contributed by atoms with Gasteiger partial charge in [0.05, 0.1) is 6.17 Å². The van der Waals surface area contributed by atoms with Gasteiger partial charge in [0.15, 0.2) is 0 Å². The fraction of sp³-hybridized carbons (Fsp3) is 0.588. The van der Waals surface area contributed by atoms with Gasteiger partial charge in [-0.1, -0.05) is 37.3 Å². The van der Waals surface area contributed by atoms with E-state index in [1.165, 1.54) is 6.42 Å². The fourth-order valence-corrected chi connectivity index (χ4v) is 4.45. The van der Waals surface area contributed by atoms with Gasteiger partial charge >= 0.3 is 0 Å². The first kappa shape index (κ1) is 14.9. The van der Waals surface area contributed by atoms with Crippen molar-refractivity contribution < 1.29 is 4.79 Å². The first-order valence-corrected chi connectivity index (χ1v) is 9.19. The summed E-state index contributed by atoms with van der Waals surface area (Å²) >= 11 is 1.94. The maximum atomic E-state index is 12.9. The minimum absolute atomic E-state index is 0.163. The Morgan fingerprint density at radius 2 is 2.05 bits per heavy atom. The molecule has 1 saturated heterocycles. The highest BCUT2D eigenvalue weighted by molar-refractivity contribution is 7.99. The highest BCUT2D eigenvalue weighted by Gasteiger charge is 2.44. The summed E-state index contributed by atoms with van der Waals surface area (Å²) in [5.41, 5.74) is 1.09. The van der Waals surface area contributed by atoms with E-state index in [9.17, 15) is 4.79 Å². The van der Waals surface area contributed by atoms with Gasteiger partial charge in [0.25, 0.3) is 0 Å². The van der Waals surface area contributed by atoms with Crippen molar-refractivity contribution in [3.05, 3.63) is 35.9 Å². The number of nitrogens with one attached hydrogen (secondary N) is 1. The molecular formula is C17H24N2OS. The average molecular weight is 304 g/mol. The Kier molecular flexibility index (Phi) is 4.55. The number of carbonyl (C=O) groups is 1. The highest BCUT2D eigenvalue weighted by atomic mass is 32.2. The molecule has 4 unspecified atom stereocenters. The summed E-state index contributed by atoms with van der Waals surface area (Å²) in [6, 6.07) is 10.4. The Hall–Kier alpha value is -1.00. The number of hydrogen-bond acceptors (Lipinski definition) is 3. The number of carbonyl (C=O) groups excluding carboxylic acids is 1. The zero-order valence-corrected chi connectivity index (χ0v) is 13.6. The summed E-state index contributed by atoms with van der Waals surface area (Å²) in [6.07, 6.45) is 6.87. The van der Waals surface area contributed by atoms with Gasteiger partial charge in [-0.25, -0.2) is 0 Å². The van der Waals surface area contributed by atoms with E-state index in [-0.39, 0.29) is 18.1 Å². The number of amides is 1. The summed E-state index contributed by atoms with van der Waals surface area (Å²) in [5.74, 6) is 0.264. The summed E-state index contributed by atoms with van der Waals surface area (Å²) in [6.45, 7) is 2.16. The average Bonchev–Trinajstić information content (AvgIpc) is 3.12. The third-order valence-corrected chi connectivity index (χ3v) is 5.89. The van der Waals surface area contributed by atoms with E-state index in [2.05, 4.69) is 23.4 Å². The third kappa shape index (κ3) is 2.84. The molecule has 114 valence electrons. The molecule has 0 bridgehead atoms. The molecule has 3 rings (SSSR count). The normalized spacial score (nSPS) is 32.9. The van der Waals surface area contributed by atoms with E-state index in [4.69, 9.17) is 0 Å². The van der Waals surface area contributed by atoms with Crippen LogP contribution in [0, 0.1) is 0 Å². The maximum absolute atomic E-state index is 12.9. The van der Waals surface area contributed by atoms with E-state index in [1.807, 2.05) is 42.1 Å². The number of benzene rings is 1. The quantitative estimate of drug-likeness (QED) is 0.927. The van der Waals surface area contributed by atoms with Crippen molar-refractivity contribution in [1.29, 1.82) is 0 Å². The Labute approximate surface area is 131 Å². The molecule has 1 aliphatic carbocycles. The van der Waals surface area contributed by atoms with E-state index < -0.39 is 0 Å². The molecule has 2 fully saturated rings. The predicted octanol–water partition coefficient (Wildman–Crippen LogP) is 3.18. The van der Waals surface area contributed by atoms with Gasteiger partial charge < -0.3 is 4.90 Å². The molecule has 4 atom stereocenters. The molecule has 1 heterocycles. The summed E-state index contributed by atoms with van der Waals surface area (Å²) in [4.78, 5) is 15.1. The highest BCUT2D eigenvalue weighted by Crippen LogP contribution is 2.36. The van der Waals surface area contributed by atoms with Crippen LogP contribution in [0.2, 0.25) is 0 Å². The molecule has 4 heteroatoms. The molecule has 0 radical (unpaired) electrons.